The van der Waals surface area contributed by atoms with Gasteiger partial charge < -0.3 is 20.0 Å². The number of carbonyl (C=O) groups excluding carboxylic acids is 3. The average Bonchev–Trinajstić information content (AvgIpc) is 3.35. The van der Waals surface area contributed by atoms with Crippen LogP contribution in [0.2, 0.25) is 0 Å². The predicted octanol–water partition coefficient (Wildman–Crippen LogP) is 4.33. The summed E-state index contributed by atoms with van der Waals surface area (Å²) in [6, 6.07) is 17.3. The fourth-order valence-electron chi connectivity index (χ4n) is 3.67. The van der Waals surface area contributed by atoms with E-state index >= 15 is 0 Å². The van der Waals surface area contributed by atoms with Gasteiger partial charge >= 0.3 is 0 Å². The number of benzene rings is 2. The van der Waals surface area contributed by atoms with Gasteiger partial charge in [0.1, 0.15) is 0 Å². The van der Waals surface area contributed by atoms with E-state index in [2.05, 4.69) is 26.6 Å². The molecule has 0 radical (unpaired) electrons. The quantitative estimate of drug-likeness (QED) is 0.550. The van der Waals surface area contributed by atoms with Crippen molar-refractivity contribution in [2.24, 2.45) is 0 Å². The lowest BCUT2D eigenvalue weighted by molar-refractivity contribution is 0.0667. The second-order valence-corrected chi connectivity index (χ2v) is 8.35. The molecule has 0 unspecified atom stereocenters. The topological polar surface area (TPSA) is 91.7 Å². The van der Waals surface area contributed by atoms with Gasteiger partial charge in [0.2, 0.25) is 0 Å². The molecule has 3 amide bonds. The standard InChI is InChI=1S/C24H22BrN3O4/c25-19-8-3-1-6-17(19)22(29)27-20-9-4-2-7-18(20)23(30)26-16-11-13-28(14-12-16)24(31)21-10-5-15-32-21/h1-10,15-16H,11-14H2,(H,26,30)(H,27,29). The zero-order valence-corrected chi connectivity index (χ0v) is 18.8. The molecule has 2 N–H and O–H groups in total. The Kier molecular flexibility index (Phi) is 6.70. The first-order valence-electron chi connectivity index (χ1n) is 10.3. The minimum atomic E-state index is -0.303. The highest BCUT2D eigenvalue weighted by molar-refractivity contribution is 9.10. The minimum absolute atomic E-state index is 0.0600. The molecule has 2 aromatic carbocycles. The number of hydrogen-bond donors (Lipinski definition) is 2. The number of likely N-dealkylation sites (tertiary alicyclic amines) is 1. The summed E-state index contributed by atoms with van der Waals surface area (Å²) in [4.78, 5) is 39.8. The van der Waals surface area contributed by atoms with Crippen LogP contribution in [-0.2, 0) is 0 Å². The van der Waals surface area contributed by atoms with Crippen LogP contribution in [0.1, 0.15) is 44.1 Å². The first kappa shape index (κ1) is 21.8. The van der Waals surface area contributed by atoms with Crippen LogP contribution in [0.5, 0.6) is 0 Å². The van der Waals surface area contributed by atoms with Crippen LogP contribution < -0.4 is 10.6 Å². The molecule has 0 bridgehead atoms. The SMILES string of the molecule is O=C(Nc1ccccc1C(=O)NC1CCN(C(=O)c2ccco2)CC1)c1ccccc1Br. The van der Waals surface area contributed by atoms with Gasteiger partial charge in [-0.1, -0.05) is 24.3 Å². The second kappa shape index (κ2) is 9.82. The molecule has 8 heteroatoms. The Morgan fingerprint density at radius 3 is 2.25 bits per heavy atom. The van der Waals surface area contributed by atoms with Crippen LogP contribution in [0.3, 0.4) is 0 Å². The van der Waals surface area contributed by atoms with E-state index in [1.807, 2.05) is 6.07 Å². The Morgan fingerprint density at radius 2 is 1.56 bits per heavy atom. The summed E-state index contributed by atoms with van der Waals surface area (Å²) in [6.45, 7) is 1.07. The molecule has 1 saturated heterocycles. The molecule has 1 aliphatic heterocycles. The second-order valence-electron chi connectivity index (χ2n) is 7.50. The fourth-order valence-corrected chi connectivity index (χ4v) is 4.14. The maximum Gasteiger partial charge on any atom is 0.289 e. The molecule has 0 atom stereocenters. The summed E-state index contributed by atoms with van der Waals surface area (Å²) in [5.74, 6) is -0.381. The summed E-state index contributed by atoms with van der Waals surface area (Å²) in [5, 5.41) is 5.86. The number of hydrogen-bond acceptors (Lipinski definition) is 4. The number of nitrogens with one attached hydrogen (secondary N) is 2. The molecule has 3 aromatic rings. The van der Waals surface area contributed by atoms with Crippen molar-refractivity contribution >= 4 is 39.3 Å². The molecule has 4 rings (SSSR count). The third-order valence-corrected chi connectivity index (χ3v) is 6.08. The Hall–Kier alpha value is -3.39. The third kappa shape index (κ3) is 4.91. The summed E-state index contributed by atoms with van der Waals surface area (Å²) >= 11 is 3.38. The number of amides is 3. The summed E-state index contributed by atoms with van der Waals surface area (Å²) in [5.41, 5.74) is 1.31. The van der Waals surface area contributed by atoms with E-state index in [0.29, 0.717) is 53.0 Å². The Morgan fingerprint density at radius 1 is 0.875 bits per heavy atom. The van der Waals surface area contributed by atoms with E-state index in [1.54, 1.807) is 59.5 Å². The first-order valence-corrected chi connectivity index (χ1v) is 11.1. The summed E-state index contributed by atoms with van der Waals surface area (Å²) in [6.07, 6.45) is 2.76. The number of carbonyl (C=O) groups is 3. The van der Waals surface area contributed by atoms with Crippen LogP contribution in [-0.4, -0.2) is 41.8 Å². The molecule has 0 aliphatic carbocycles. The number of piperidine rings is 1. The fraction of sp³-hybridized carbons (Fsp3) is 0.208. The zero-order valence-electron chi connectivity index (χ0n) is 17.2. The molecule has 7 nitrogen and oxygen atoms in total. The van der Waals surface area contributed by atoms with E-state index < -0.39 is 0 Å². The molecular weight excluding hydrogens is 474 g/mol. The van der Waals surface area contributed by atoms with Crippen molar-refractivity contribution in [1.82, 2.24) is 10.2 Å². The van der Waals surface area contributed by atoms with Crippen molar-refractivity contribution in [3.8, 4) is 0 Å². The average molecular weight is 496 g/mol. The highest BCUT2D eigenvalue weighted by atomic mass is 79.9. The number of rotatable bonds is 5. The maximum atomic E-state index is 13.0. The number of para-hydroxylation sites is 1. The third-order valence-electron chi connectivity index (χ3n) is 5.39. The van der Waals surface area contributed by atoms with Crippen LogP contribution in [0, 0.1) is 0 Å². The lowest BCUT2D eigenvalue weighted by Gasteiger charge is -2.32. The summed E-state index contributed by atoms with van der Waals surface area (Å²) < 4.78 is 5.86. The number of nitrogens with zero attached hydrogens (tertiary/aromatic N) is 1. The van der Waals surface area contributed by atoms with Gasteiger partial charge in [0.15, 0.2) is 5.76 Å². The van der Waals surface area contributed by atoms with Crippen LogP contribution >= 0.6 is 15.9 Å². The zero-order chi connectivity index (χ0) is 22.5. The van der Waals surface area contributed by atoms with Gasteiger partial charge in [0, 0.05) is 23.6 Å². The van der Waals surface area contributed by atoms with Crippen molar-refractivity contribution in [3.63, 3.8) is 0 Å². The Labute approximate surface area is 193 Å². The largest absolute Gasteiger partial charge is 0.459 e. The van der Waals surface area contributed by atoms with Gasteiger partial charge in [0.05, 0.1) is 23.1 Å². The number of furan rings is 1. The smallest absolute Gasteiger partial charge is 0.289 e. The molecule has 0 saturated carbocycles. The Balaban J connectivity index is 1.38. The van der Waals surface area contributed by atoms with Crippen LogP contribution in [0.15, 0.2) is 75.8 Å². The molecule has 1 fully saturated rings. The van der Waals surface area contributed by atoms with Crippen molar-refractivity contribution in [2.75, 3.05) is 18.4 Å². The highest BCUT2D eigenvalue weighted by Gasteiger charge is 2.26. The summed E-state index contributed by atoms with van der Waals surface area (Å²) in [7, 11) is 0. The minimum Gasteiger partial charge on any atom is -0.459 e. The first-order chi connectivity index (χ1) is 15.5. The van der Waals surface area contributed by atoms with Gasteiger partial charge in [0.25, 0.3) is 17.7 Å². The number of anilines is 1. The van der Waals surface area contributed by atoms with Gasteiger partial charge in [-0.3, -0.25) is 14.4 Å². The lowest BCUT2D eigenvalue weighted by Crippen LogP contribution is -2.46. The molecule has 164 valence electrons. The van der Waals surface area contributed by atoms with E-state index in [0.717, 1.165) is 0 Å². The molecule has 1 aliphatic rings. The Bertz CT molecular complexity index is 1120. The number of halogens is 1. The van der Waals surface area contributed by atoms with Crippen molar-refractivity contribution in [2.45, 2.75) is 18.9 Å². The van der Waals surface area contributed by atoms with Crippen molar-refractivity contribution < 1.29 is 18.8 Å². The van der Waals surface area contributed by atoms with E-state index in [-0.39, 0.29) is 23.8 Å². The van der Waals surface area contributed by atoms with Gasteiger partial charge in [-0.2, -0.15) is 0 Å². The van der Waals surface area contributed by atoms with Gasteiger partial charge in [-0.25, -0.2) is 0 Å². The lowest BCUT2D eigenvalue weighted by atomic mass is 10.0. The van der Waals surface area contributed by atoms with Crippen LogP contribution in [0.25, 0.3) is 0 Å². The van der Waals surface area contributed by atoms with Crippen LogP contribution in [0.4, 0.5) is 5.69 Å². The van der Waals surface area contributed by atoms with E-state index in [4.69, 9.17) is 4.42 Å². The van der Waals surface area contributed by atoms with Crippen molar-refractivity contribution in [1.29, 1.82) is 0 Å². The molecular formula is C24H22BrN3O4. The van der Waals surface area contributed by atoms with E-state index in [9.17, 15) is 14.4 Å². The molecule has 1 aromatic heterocycles. The molecule has 32 heavy (non-hydrogen) atoms. The van der Waals surface area contributed by atoms with Crippen molar-refractivity contribution in [3.05, 3.63) is 88.3 Å². The normalized spacial score (nSPS) is 14.1. The monoisotopic (exact) mass is 495 g/mol. The maximum absolute atomic E-state index is 13.0. The van der Waals surface area contributed by atoms with Gasteiger partial charge in [-0.05, 0) is 65.2 Å². The molecule has 0 spiro atoms. The predicted molar refractivity (Wildman–Crippen MR) is 124 cm³/mol. The highest BCUT2D eigenvalue weighted by Crippen LogP contribution is 2.21. The molecule has 2 heterocycles. The van der Waals surface area contributed by atoms with E-state index in [1.165, 1.54) is 6.26 Å². The van der Waals surface area contributed by atoms with Gasteiger partial charge in [-0.15, -0.1) is 0 Å².